The first-order valence-corrected chi connectivity index (χ1v) is 8.84. The van der Waals surface area contributed by atoms with Gasteiger partial charge in [0.05, 0.1) is 0 Å². The molecule has 6 nitrogen and oxygen atoms in total. The summed E-state index contributed by atoms with van der Waals surface area (Å²) in [4.78, 5) is 23.3. The molecule has 122 valence electrons. The molecule has 0 bridgehead atoms. The highest BCUT2D eigenvalue weighted by atomic mass is 32.2. The van der Waals surface area contributed by atoms with E-state index in [0.29, 0.717) is 12.2 Å². The minimum atomic E-state index is -3.78. The molecular weight excluding hydrogens is 304 g/mol. The molecule has 0 fully saturated rings. The fourth-order valence-corrected chi connectivity index (χ4v) is 2.73. The summed E-state index contributed by atoms with van der Waals surface area (Å²) in [5.74, 6) is -2.40. The van der Waals surface area contributed by atoms with Gasteiger partial charge in [0.15, 0.2) is 9.84 Å². The van der Waals surface area contributed by atoms with Gasteiger partial charge in [-0.1, -0.05) is 31.5 Å². The molecule has 0 unspecified atom stereocenters. The zero-order valence-corrected chi connectivity index (χ0v) is 13.9. The Morgan fingerprint density at radius 1 is 1.05 bits per heavy atom. The van der Waals surface area contributed by atoms with Crippen molar-refractivity contribution in [3.8, 4) is 0 Å². The molecule has 0 saturated heterocycles. The van der Waals surface area contributed by atoms with Crippen LogP contribution in [0.5, 0.6) is 0 Å². The first-order valence-electron chi connectivity index (χ1n) is 7.01. The molecule has 0 aliphatic rings. The molecule has 0 spiro atoms. The van der Waals surface area contributed by atoms with Gasteiger partial charge in [0, 0.05) is 12.2 Å². The first kappa shape index (κ1) is 18.2. The number of hydrogen-bond acceptors (Lipinski definition) is 4. The summed E-state index contributed by atoms with van der Waals surface area (Å²) < 4.78 is 23.6. The molecular formula is C15H22N2O4S. The summed E-state index contributed by atoms with van der Waals surface area (Å²) in [6, 6.07) is 7.00. The Labute approximate surface area is 131 Å². The third-order valence-corrected chi connectivity index (χ3v) is 4.15. The molecule has 22 heavy (non-hydrogen) atoms. The Bertz CT molecular complexity index is 621. The van der Waals surface area contributed by atoms with Gasteiger partial charge in [0.1, 0.15) is 11.5 Å². The van der Waals surface area contributed by atoms with E-state index < -0.39 is 33.2 Å². The van der Waals surface area contributed by atoms with Gasteiger partial charge in [-0.15, -0.1) is 0 Å². The van der Waals surface area contributed by atoms with Crippen LogP contribution in [-0.4, -0.2) is 38.3 Å². The lowest BCUT2D eigenvalue weighted by Crippen LogP contribution is -2.35. The molecule has 0 heterocycles. The van der Waals surface area contributed by atoms with Crippen LogP contribution in [0.4, 0.5) is 5.69 Å². The second-order valence-electron chi connectivity index (χ2n) is 5.64. The molecule has 7 heteroatoms. The van der Waals surface area contributed by atoms with Gasteiger partial charge < -0.3 is 10.6 Å². The van der Waals surface area contributed by atoms with Crippen molar-refractivity contribution in [2.45, 2.75) is 20.8 Å². The fourth-order valence-electron chi connectivity index (χ4n) is 1.65. The SMILES string of the molecule is Cc1ccc(NC(=O)CS(=O)(=O)CC(=O)NCC(C)C)cc1. The van der Waals surface area contributed by atoms with Crippen molar-refractivity contribution in [3.63, 3.8) is 0 Å². The predicted molar refractivity (Wildman–Crippen MR) is 86.3 cm³/mol. The zero-order chi connectivity index (χ0) is 16.8. The number of anilines is 1. The summed E-state index contributed by atoms with van der Waals surface area (Å²) >= 11 is 0. The topological polar surface area (TPSA) is 92.3 Å². The Morgan fingerprint density at radius 3 is 2.14 bits per heavy atom. The molecule has 0 aliphatic heterocycles. The number of amides is 2. The predicted octanol–water partition coefficient (Wildman–Crippen LogP) is 1.12. The Kier molecular flexibility index (Phi) is 6.55. The number of sulfone groups is 1. The highest BCUT2D eigenvalue weighted by Gasteiger charge is 2.20. The molecule has 0 aliphatic carbocycles. The van der Waals surface area contributed by atoms with E-state index >= 15 is 0 Å². The van der Waals surface area contributed by atoms with Crippen LogP contribution in [0.1, 0.15) is 19.4 Å². The normalized spacial score (nSPS) is 11.3. The summed E-state index contributed by atoms with van der Waals surface area (Å²) in [5, 5.41) is 5.02. The number of benzene rings is 1. The van der Waals surface area contributed by atoms with Crippen molar-refractivity contribution in [1.29, 1.82) is 0 Å². The van der Waals surface area contributed by atoms with Gasteiger partial charge in [-0.25, -0.2) is 8.42 Å². The van der Waals surface area contributed by atoms with E-state index in [0.717, 1.165) is 5.56 Å². The molecule has 1 aromatic carbocycles. The van der Waals surface area contributed by atoms with Gasteiger partial charge in [-0.3, -0.25) is 9.59 Å². The molecule has 0 radical (unpaired) electrons. The fraction of sp³-hybridized carbons (Fsp3) is 0.467. The van der Waals surface area contributed by atoms with Crippen LogP contribution < -0.4 is 10.6 Å². The van der Waals surface area contributed by atoms with E-state index in [9.17, 15) is 18.0 Å². The van der Waals surface area contributed by atoms with Crippen molar-refractivity contribution in [2.24, 2.45) is 5.92 Å². The number of aryl methyl sites for hydroxylation is 1. The molecule has 2 amide bonds. The summed E-state index contributed by atoms with van der Waals surface area (Å²) in [7, 11) is -3.78. The molecule has 0 saturated carbocycles. The van der Waals surface area contributed by atoms with Gasteiger partial charge >= 0.3 is 0 Å². The third kappa shape index (κ3) is 7.21. The number of rotatable bonds is 7. The van der Waals surface area contributed by atoms with Crippen LogP contribution in [0.3, 0.4) is 0 Å². The van der Waals surface area contributed by atoms with E-state index in [1.165, 1.54) is 0 Å². The average molecular weight is 326 g/mol. The van der Waals surface area contributed by atoms with Crippen LogP contribution in [0.2, 0.25) is 0 Å². The Hall–Kier alpha value is -1.89. The van der Waals surface area contributed by atoms with E-state index in [1.54, 1.807) is 12.1 Å². The van der Waals surface area contributed by atoms with E-state index in [-0.39, 0.29) is 5.92 Å². The van der Waals surface area contributed by atoms with Crippen LogP contribution in [-0.2, 0) is 19.4 Å². The van der Waals surface area contributed by atoms with Gasteiger partial charge in [-0.05, 0) is 25.0 Å². The Balaban J connectivity index is 2.51. The standard InChI is InChI=1S/C15H22N2O4S/c1-11(2)8-16-14(18)9-22(20,21)10-15(19)17-13-6-4-12(3)5-7-13/h4-7,11H,8-10H2,1-3H3,(H,16,18)(H,17,19). The largest absolute Gasteiger partial charge is 0.355 e. The molecule has 0 aromatic heterocycles. The second-order valence-corrected chi connectivity index (χ2v) is 7.71. The number of nitrogens with one attached hydrogen (secondary N) is 2. The van der Waals surface area contributed by atoms with Crippen LogP contribution in [0, 0.1) is 12.8 Å². The average Bonchev–Trinajstić information content (AvgIpc) is 2.37. The molecule has 1 aromatic rings. The highest BCUT2D eigenvalue weighted by Crippen LogP contribution is 2.08. The van der Waals surface area contributed by atoms with E-state index in [4.69, 9.17) is 0 Å². The smallest absolute Gasteiger partial charge is 0.239 e. The lowest BCUT2D eigenvalue weighted by atomic mass is 10.2. The quantitative estimate of drug-likeness (QED) is 0.785. The first-order chi connectivity index (χ1) is 10.2. The highest BCUT2D eigenvalue weighted by molar-refractivity contribution is 7.92. The van der Waals surface area contributed by atoms with Crippen molar-refractivity contribution in [1.82, 2.24) is 5.32 Å². The van der Waals surface area contributed by atoms with Crippen LogP contribution in [0.15, 0.2) is 24.3 Å². The minimum absolute atomic E-state index is 0.233. The van der Waals surface area contributed by atoms with Crippen molar-refractivity contribution < 1.29 is 18.0 Å². The van der Waals surface area contributed by atoms with Crippen LogP contribution in [0.25, 0.3) is 0 Å². The maximum absolute atomic E-state index is 11.8. The maximum Gasteiger partial charge on any atom is 0.239 e. The van der Waals surface area contributed by atoms with E-state index in [1.807, 2.05) is 32.9 Å². The summed E-state index contributed by atoms with van der Waals surface area (Å²) in [5.41, 5.74) is 1.56. The van der Waals surface area contributed by atoms with Crippen molar-refractivity contribution in [2.75, 3.05) is 23.4 Å². The maximum atomic E-state index is 11.8. The minimum Gasteiger partial charge on any atom is -0.355 e. The van der Waals surface area contributed by atoms with E-state index in [2.05, 4.69) is 10.6 Å². The number of hydrogen-bond donors (Lipinski definition) is 2. The molecule has 2 N–H and O–H groups in total. The van der Waals surface area contributed by atoms with Crippen molar-refractivity contribution in [3.05, 3.63) is 29.8 Å². The lowest BCUT2D eigenvalue weighted by molar-refractivity contribution is -0.118. The monoisotopic (exact) mass is 326 g/mol. The van der Waals surface area contributed by atoms with Crippen LogP contribution >= 0.6 is 0 Å². The lowest BCUT2D eigenvalue weighted by Gasteiger charge is -2.09. The Morgan fingerprint density at radius 2 is 1.59 bits per heavy atom. The molecule has 1 rings (SSSR count). The van der Waals surface area contributed by atoms with Gasteiger partial charge in [-0.2, -0.15) is 0 Å². The second kappa shape index (κ2) is 7.93. The van der Waals surface area contributed by atoms with Crippen molar-refractivity contribution >= 4 is 27.3 Å². The molecule has 0 atom stereocenters. The van der Waals surface area contributed by atoms with Gasteiger partial charge in [0.2, 0.25) is 11.8 Å². The summed E-state index contributed by atoms with van der Waals surface area (Å²) in [6.45, 7) is 6.13. The third-order valence-electron chi connectivity index (χ3n) is 2.74. The number of carbonyl (C=O) groups is 2. The zero-order valence-electron chi connectivity index (χ0n) is 13.0. The number of carbonyl (C=O) groups excluding carboxylic acids is 2. The van der Waals surface area contributed by atoms with Gasteiger partial charge in [0.25, 0.3) is 0 Å². The summed E-state index contributed by atoms with van der Waals surface area (Å²) in [6.07, 6.45) is 0.